The Kier molecular flexibility index (Phi) is 6.93. The van der Waals surface area contributed by atoms with Gasteiger partial charge in [-0.05, 0) is 38.5 Å². The number of rotatable bonds is 6. The summed E-state index contributed by atoms with van der Waals surface area (Å²) in [7, 11) is 0. The first kappa shape index (κ1) is 28.4. The van der Waals surface area contributed by atoms with Gasteiger partial charge in [0.2, 0.25) is 0 Å². The fraction of sp³-hybridized carbons (Fsp3) is 0.250. The Morgan fingerprint density at radius 2 is 1.88 bits per heavy atom. The van der Waals surface area contributed by atoms with Gasteiger partial charge in [-0.25, -0.2) is 23.3 Å². The average Bonchev–Trinajstić information content (AvgIpc) is 3.55. The van der Waals surface area contributed by atoms with Crippen LogP contribution < -0.4 is 11.1 Å². The van der Waals surface area contributed by atoms with Gasteiger partial charge in [-0.2, -0.15) is 23.4 Å². The maximum absolute atomic E-state index is 13.8. The number of hydrogen-bond acceptors (Lipinski definition) is 7. The number of anilines is 1. The van der Waals surface area contributed by atoms with Crippen LogP contribution >= 0.6 is 22.9 Å². The smallest absolute Gasteiger partial charge is 0.365 e. The molecule has 0 atom stereocenters. The minimum Gasteiger partial charge on any atom is -0.365 e. The van der Waals surface area contributed by atoms with Crippen LogP contribution in [0, 0.1) is 13.8 Å². The largest absolute Gasteiger partial charge is 0.433 e. The zero-order valence-corrected chi connectivity index (χ0v) is 22.8. The fourth-order valence-electron chi connectivity index (χ4n) is 4.40. The Labute approximate surface area is 235 Å². The molecule has 41 heavy (non-hydrogen) atoms. The maximum atomic E-state index is 13.8. The Balaban J connectivity index is 1.73. The molecule has 0 unspecified atom stereocenters. The number of aromatic nitrogens is 6. The van der Waals surface area contributed by atoms with E-state index in [1.807, 2.05) is 6.92 Å². The van der Waals surface area contributed by atoms with Gasteiger partial charge in [-0.3, -0.25) is 14.3 Å². The molecule has 0 saturated carbocycles. The number of carbonyl (C=O) groups is 2. The number of hydrogen-bond donors (Lipinski definition) is 2. The summed E-state index contributed by atoms with van der Waals surface area (Å²) in [4.78, 5) is 33.5. The van der Waals surface area contributed by atoms with Crippen LogP contribution in [0.15, 0.2) is 18.3 Å². The number of nitrogens with zero attached hydrogens (tertiary/aromatic N) is 6. The Hall–Kier alpha value is -4.18. The van der Waals surface area contributed by atoms with Gasteiger partial charge in [0.25, 0.3) is 18.2 Å². The molecule has 5 aromatic rings. The number of thiophene rings is 1. The highest BCUT2D eigenvalue weighted by Gasteiger charge is 2.36. The van der Waals surface area contributed by atoms with E-state index >= 15 is 0 Å². The molecular formula is C24H18ClF5N8O2S. The SMILES string of the molecule is CCn1ncc(-c2cc(C(F)F)nc3sc(C(N)=O)c(NC(=O)c4nn5c(C(F)(F)F)cc(C)nc5c4Cl)c23)c1C. The van der Waals surface area contributed by atoms with Gasteiger partial charge >= 0.3 is 6.18 Å². The van der Waals surface area contributed by atoms with Crippen LogP contribution in [0.1, 0.15) is 56.3 Å². The number of carbonyl (C=O) groups excluding carboxylic acids is 2. The van der Waals surface area contributed by atoms with Crippen molar-refractivity contribution < 1.29 is 31.5 Å². The molecule has 10 nitrogen and oxygen atoms in total. The average molecular weight is 613 g/mol. The quantitative estimate of drug-likeness (QED) is 0.233. The standard InChI is InChI=1S/C24H18ClF5N8O2S/c1-4-37-9(3)11(7-32-37)10-6-12(19(26)27)34-23-14(10)16(18(41-23)20(31)39)35-22(40)17-15(25)21-33-8(2)5-13(24(28,29)30)38(21)36-17/h5-7,19H,4H2,1-3H3,(H2,31,39)(H,35,40). The van der Waals surface area contributed by atoms with Crippen molar-refractivity contribution in [1.29, 1.82) is 0 Å². The van der Waals surface area contributed by atoms with Gasteiger partial charge in [0.05, 0.1) is 11.9 Å². The number of nitrogens with two attached hydrogens (primary N) is 1. The molecule has 0 fully saturated rings. The van der Waals surface area contributed by atoms with Crippen molar-refractivity contribution >= 4 is 56.3 Å². The van der Waals surface area contributed by atoms with Crippen LogP contribution in [0.25, 0.3) is 27.0 Å². The summed E-state index contributed by atoms with van der Waals surface area (Å²) in [6.45, 7) is 5.33. The van der Waals surface area contributed by atoms with Gasteiger partial charge < -0.3 is 11.1 Å². The van der Waals surface area contributed by atoms with E-state index in [1.54, 1.807) is 11.6 Å². The second-order valence-electron chi connectivity index (χ2n) is 8.84. The predicted octanol–water partition coefficient (Wildman–Crippen LogP) is 5.80. The van der Waals surface area contributed by atoms with E-state index in [9.17, 15) is 31.5 Å². The lowest BCUT2D eigenvalue weighted by Crippen LogP contribution is -2.18. The van der Waals surface area contributed by atoms with Crippen molar-refractivity contribution in [1.82, 2.24) is 29.4 Å². The molecule has 5 aromatic heterocycles. The topological polar surface area (TPSA) is 133 Å². The van der Waals surface area contributed by atoms with Crippen molar-refractivity contribution in [3.05, 3.63) is 56.7 Å². The van der Waals surface area contributed by atoms with Crippen LogP contribution in [-0.4, -0.2) is 41.2 Å². The van der Waals surface area contributed by atoms with Crippen molar-refractivity contribution in [2.24, 2.45) is 5.73 Å². The molecule has 0 saturated heterocycles. The second-order valence-corrected chi connectivity index (χ2v) is 10.2. The summed E-state index contributed by atoms with van der Waals surface area (Å²) in [6.07, 6.45) is -6.36. The van der Waals surface area contributed by atoms with E-state index in [0.29, 0.717) is 33.7 Å². The zero-order valence-electron chi connectivity index (χ0n) is 21.3. The van der Waals surface area contributed by atoms with E-state index < -0.39 is 52.2 Å². The zero-order chi connectivity index (χ0) is 30.0. The molecule has 0 aliphatic rings. The first-order valence-electron chi connectivity index (χ1n) is 11.7. The summed E-state index contributed by atoms with van der Waals surface area (Å²) in [5.41, 5.74) is 3.71. The summed E-state index contributed by atoms with van der Waals surface area (Å²) in [5.74, 6) is -2.11. The molecule has 0 spiro atoms. The maximum Gasteiger partial charge on any atom is 0.433 e. The number of pyridine rings is 1. The number of nitrogens with one attached hydrogen (secondary N) is 1. The van der Waals surface area contributed by atoms with Crippen LogP contribution in [-0.2, 0) is 12.7 Å². The van der Waals surface area contributed by atoms with E-state index in [4.69, 9.17) is 17.3 Å². The van der Waals surface area contributed by atoms with Crippen LogP contribution in [0.2, 0.25) is 5.02 Å². The molecule has 0 aliphatic carbocycles. The number of amides is 2. The molecule has 3 N–H and O–H groups in total. The predicted molar refractivity (Wildman–Crippen MR) is 140 cm³/mol. The molecule has 0 radical (unpaired) electrons. The lowest BCUT2D eigenvalue weighted by atomic mass is 10.0. The molecule has 17 heteroatoms. The lowest BCUT2D eigenvalue weighted by Gasteiger charge is -2.11. The molecule has 5 rings (SSSR count). The van der Waals surface area contributed by atoms with Gasteiger partial charge in [0.1, 0.15) is 26.1 Å². The molecule has 214 valence electrons. The Morgan fingerprint density at radius 1 is 1.17 bits per heavy atom. The molecular weight excluding hydrogens is 595 g/mol. The summed E-state index contributed by atoms with van der Waals surface area (Å²) < 4.78 is 70.6. The van der Waals surface area contributed by atoms with Gasteiger partial charge in [0.15, 0.2) is 11.3 Å². The number of primary amides is 1. The van der Waals surface area contributed by atoms with Gasteiger partial charge in [-0.1, -0.05) is 11.6 Å². The van der Waals surface area contributed by atoms with Crippen LogP contribution in [0.4, 0.5) is 27.6 Å². The minimum atomic E-state index is -4.85. The summed E-state index contributed by atoms with van der Waals surface area (Å²) in [5, 5.41) is 10.1. The monoisotopic (exact) mass is 612 g/mol. The fourth-order valence-corrected chi connectivity index (χ4v) is 5.66. The Bertz CT molecular complexity index is 1880. The van der Waals surface area contributed by atoms with Crippen LogP contribution in [0.5, 0.6) is 0 Å². The van der Waals surface area contributed by atoms with E-state index in [-0.39, 0.29) is 32.0 Å². The molecule has 2 amide bonds. The minimum absolute atomic E-state index is 0.0213. The lowest BCUT2D eigenvalue weighted by molar-refractivity contribution is -0.142. The highest BCUT2D eigenvalue weighted by Crippen LogP contribution is 2.43. The summed E-state index contributed by atoms with van der Waals surface area (Å²) in [6, 6.07) is 1.86. The van der Waals surface area contributed by atoms with Crippen molar-refractivity contribution in [3.63, 3.8) is 0 Å². The number of alkyl halides is 5. The van der Waals surface area contributed by atoms with E-state index in [2.05, 4.69) is 25.5 Å². The molecule has 0 bridgehead atoms. The van der Waals surface area contributed by atoms with Crippen molar-refractivity contribution in [2.75, 3.05) is 5.32 Å². The molecule has 5 heterocycles. The van der Waals surface area contributed by atoms with E-state index in [1.165, 1.54) is 13.1 Å². The normalized spacial score (nSPS) is 12.1. The first-order valence-corrected chi connectivity index (χ1v) is 12.9. The van der Waals surface area contributed by atoms with Gasteiger partial charge in [0, 0.05) is 28.9 Å². The highest BCUT2D eigenvalue weighted by molar-refractivity contribution is 7.21. The molecule has 0 aliphatic heterocycles. The number of halogens is 6. The third kappa shape index (κ3) is 4.76. The molecule has 0 aromatic carbocycles. The third-order valence-corrected chi connectivity index (χ3v) is 7.67. The summed E-state index contributed by atoms with van der Waals surface area (Å²) >= 11 is 6.92. The van der Waals surface area contributed by atoms with E-state index in [0.717, 1.165) is 12.1 Å². The highest BCUT2D eigenvalue weighted by atomic mass is 35.5. The van der Waals surface area contributed by atoms with Crippen LogP contribution in [0.3, 0.4) is 0 Å². The number of aryl methyl sites for hydroxylation is 2. The third-order valence-electron chi connectivity index (χ3n) is 6.23. The van der Waals surface area contributed by atoms with Crippen molar-refractivity contribution in [3.8, 4) is 11.1 Å². The van der Waals surface area contributed by atoms with Gasteiger partial charge in [-0.15, -0.1) is 11.3 Å². The Morgan fingerprint density at radius 3 is 2.46 bits per heavy atom. The first-order chi connectivity index (χ1) is 19.2. The number of fused-ring (bicyclic) bond motifs is 2. The van der Waals surface area contributed by atoms with Crippen molar-refractivity contribution in [2.45, 2.75) is 39.9 Å². The second kappa shape index (κ2) is 10.0.